The Labute approximate surface area is 219 Å². The molecule has 0 aliphatic heterocycles. The Kier molecular flexibility index (Phi) is 7.05. The average Bonchev–Trinajstić information content (AvgIpc) is 3.35. The zero-order valence-corrected chi connectivity index (χ0v) is 21.2. The molecule has 0 saturated heterocycles. The quantitative estimate of drug-likeness (QED) is 0.228. The number of fused-ring (bicyclic) bond motifs is 1. The molecule has 0 saturated carbocycles. The molecule has 6 nitrogen and oxygen atoms in total. The first kappa shape index (κ1) is 24.3. The van der Waals surface area contributed by atoms with Crippen molar-refractivity contribution in [1.29, 1.82) is 0 Å². The molecule has 4 aromatic carbocycles. The highest BCUT2D eigenvalue weighted by atomic mass is 32.2. The van der Waals surface area contributed by atoms with E-state index in [0.717, 1.165) is 27.1 Å². The second-order valence-corrected chi connectivity index (χ2v) is 10.0. The summed E-state index contributed by atoms with van der Waals surface area (Å²) < 4.78 is 5.81. The molecule has 1 unspecified atom stereocenters. The molecule has 0 radical (unpaired) electrons. The van der Waals surface area contributed by atoms with E-state index in [1.54, 1.807) is 6.07 Å². The van der Waals surface area contributed by atoms with Crippen LogP contribution in [-0.4, -0.2) is 22.0 Å². The number of benzene rings is 4. The van der Waals surface area contributed by atoms with Gasteiger partial charge in [-0.05, 0) is 86.1 Å². The fraction of sp³-hybridized carbons (Fsp3) is 0.100. The lowest BCUT2D eigenvalue weighted by atomic mass is 10.1. The molecule has 2 N–H and O–H groups in total. The molecule has 1 heterocycles. The van der Waals surface area contributed by atoms with Gasteiger partial charge in [0.25, 0.3) is 5.91 Å². The van der Waals surface area contributed by atoms with Crippen molar-refractivity contribution in [3.05, 3.63) is 108 Å². The third-order valence-corrected chi connectivity index (χ3v) is 6.99. The first-order valence-corrected chi connectivity index (χ1v) is 12.7. The van der Waals surface area contributed by atoms with Crippen LogP contribution < -0.4 is 10.6 Å². The molecule has 1 aromatic heterocycles. The molecule has 184 valence electrons. The number of aryl methyl sites for hydroxylation is 1. The predicted molar refractivity (Wildman–Crippen MR) is 149 cm³/mol. The van der Waals surface area contributed by atoms with Gasteiger partial charge >= 0.3 is 0 Å². The Morgan fingerprint density at radius 1 is 0.811 bits per heavy atom. The summed E-state index contributed by atoms with van der Waals surface area (Å²) in [5.74, 6) is 0.298. The number of anilines is 2. The predicted octanol–water partition coefficient (Wildman–Crippen LogP) is 7.17. The van der Waals surface area contributed by atoms with Crippen LogP contribution in [0.3, 0.4) is 0 Å². The SMILES string of the molecule is Cc1ccccc1C(=O)Nc1ccc(SC(C)C(=O)Nc2ccc(-c3nc4ccccc4o3)cc2)cc1. The van der Waals surface area contributed by atoms with E-state index >= 15 is 0 Å². The summed E-state index contributed by atoms with van der Waals surface area (Å²) in [6, 6.07) is 30.0. The van der Waals surface area contributed by atoms with Crippen molar-refractivity contribution < 1.29 is 14.0 Å². The summed E-state index contributed by atoms with van der Waals surface area (Å²) in [4.78, 5) is 30.7. The van der Waals surface area contributed by atoms with Crippen LogP contribution in [0.15, 0.2) is 106 Å². The average molecular weight is 508 g/mol. The summed E-state index contributed by atoms with van der Waals surface area (Å²) in [6.45, 7) is 3.77. The van der Waals surface area contributed by atoms with Gasteiger partial charge in [0.05, 0.1) is 5.25 Å². The first-order chi connectivity index (χ1) is 18.0. The van der Waals surface area contributed by atoms with Crippen molar-refractivity contribution in [2.45, 2.75) is 24.0 Å². The minimum atomic E-state index is -0.316. The molecule has 0 aliphatic rings. The number of nitrogens with zero attached hydrogens (tertiary/aromatic N) is 1. The topological polar surface area (TPSA) is 84.2 Å². The maximum atomic E-state index is 12.8. The third-order valence-electron chi connectivity index (χ3n) is 5.88. The lowest BCUT2D eigenvalue weighted by Gasteiger charge is -2.13. The minimum absolute atomic E-state index is 0.100. The van der Waals surface area contributed by atoms with E-state index in [4.69, 9.17) is 4.42 Å². The van der Waals surface area contributed by atoms with E-state index < -0.39 is 0 Å². The van der Waals surface area contributed by atoms with Crippen LogP contribution in [0.25, 0.3) is 22.6 Å². The standard InChI is InChI=1S/C30H25N3O3S/c1-19-7-3-4-8-25(19)29(35)32-23-15-17-24(18-16-23)37-20(2)28(34)31-22-13-11-21(12-14-22)30-33-26-9-5-6-10-27(26)36-30/h3-18,20H,1-2H3,(H,31,34)(H,32,35). The molecule has 1 atom stereocenters. The van der Waals surface area contributed by atoms with E-state index in [0.29, 0.717) is 22.8 Å². The number of para-hydroxylation sites is 2. The van der Waals surface area contributed by atoms with Crippen LogP contribution in [0.1, 0.15) is 22.8 Å². The van der Waals surface area contributed by atoms with Crippen LogP contribution in [0, 0.1) is 6.92 Å². The van der Waals surface area contributed by atoms with Crippen molar-refractivity contribution in [2.75, 3.05) is 10.6 Å². The van der Waals surface area contributed by atoms with Crippen molar-refractivity contribution in [2.24, 2.45) is 0 Å². The summed E-state index contributed by atoms with van der Waals surface area (Å²) in [5.41, 5.74) is 5.36. The van der Waals surface area contributed by atoms with Gasteiger partial charge in [0.2, 0.25) is 11.8 Å². The number of hydrogen-bond donors (Lipinski definition) is 2. The molecular weight excluding hydrogens is 482 g/mol. The maximum absolute atomic E-state index is 12.8. The van der Waals surface area contributed by atoms with Crippen LogP contribution in [0.4, 0.5) is 11.4 Å². The smallest absolute Gasteiger partial charge is 0.255 e. The molecule has 0 fully saturated rings. The van der Waals surface area contributed by atoms with Gasteiger partial charge in [-0.2, -0.15) is 0 Å². The van der Waals surface area contributed by atoms with Gasteiger partial charge in [-0.3, -0.25) is 9.59 Å². The van der Waals surface area contributed by atoms with E-state index in [1.807, 2.05) is 105 Å². The van der Waals surface area contributed by atoms with Crippen LogP contribution in [-0.2, 0) is 4.79 Å². The number of rotatable bonds is 7. The highest BCUT2D eigenvalue weighted by molar-refractivity contribution is 8.00. The molecule has 2 amide bonds. The monoisotopic (exact) mass is 507 g/mol. The number of carbonyl (C=O) groups is 2. The summed E-state index contributed by atoms with van der Waals surface area (Å²) in [6.07, 6.45) is 0. The number of amides is 2. The van der Waals surface area contributed by atoms with Crippen LogP contribution in [0.2, 0.25) is 0 Å². The van der Waals surface area contributed by atoms with Gasteiger partial charge in [0, 0.05) is 27.4 Å². The van der Waals surface area contributed by atoms with Crippen molar-refractivity contribution >= 4 is 46.1 Å². The van der Waals surface area contributed by atoms with Crippen molar-refractivity contribution in [3.8, 4) is 11.5 Å². The van der Waals surface area contributed by atoms with Gasteiger partial charge in [-0.25, -0.2) is 4.98 Å². The van der Waals surface area contributed by atoms with Gasteiger partial charge in [-0.15, -0.1) is 11.8 Å². The fourth-order valence-corrected chi connectivity index (χ4v) is 4.70. The van der Waals surface area contributed by atoms with Crippen LogP contribution in [0.5, 0.6) is 0 Å². The zero-order chi connectivity index (χ0) is 25.8. The van der Waals surface area contributed by atoms with Crippen molar-refractivity contribution in [3.63, 3.8) is 0 Å². The molecule has 0 aliphatic carbocycles. The van der Waals surface area contributed by atoms with Gasteiger partial charge in [0.1, 0.15) is 5.52 Å². The lowest BCUT2D eigenvalue weighted by Crippen LogP contribution is -2.22. The molecule has 5 rings (SSSR count). The van der Waals surface area contributed by atoms with Gasteiger partial charge in [-0.1, -0.05) is 30.3 Å². The Bertz CT molecular complexity index is 1530. The second kappa shape index (κ2) is 10.7. The van der Waals surface area contributed by atoms with E-state index in [-0.39, 0.29) is 17.1 Å². The second-order valence-electron chi connectivity index (χ2n) is 8.61. The van der Waals surface area contributed by atoms with Crippen molar-refractivity contribution in [1.82, 2.24) is 4.98 Å². The molecule has 0 spiro atoms. The molecule has 5 aromatic rings. The van der Waals surface area contributed by atoms with Crippen LogP contribution >= 0.6 is 11.8 Å². The Hall–Kier alpha value is -4.36. The molecular formula is C30H25N3O3S. The van der Waals surface area contributed by atoms with E-state index in [9.17, 15) is 9.59 Å². The number of oxazole rings is 1. The normalized spacial score (nSPS) is 11.7. The highest BCUT2D eigenvalue weighted by Crippen LogP contribution is 2.28. The first-order valence-electron chi connectivity index (χ1n) is 11.9. The highest BCUT2D eigenvalue weighted by Gasteiger charge is 2.16. The number of hydrogen-bond acceptors (Lipinski definition) is 5. The summed E-state index contributed by atoms with van der Waals surface area (Å²) in [5, 5.41) is 5.56. The summed E-state index contributed by atoms with van der Waals surface area (Å²) in [7, 11) is 0. The number of aromatic nitrogens is 1. The largest absolute Gasteiger partial charge is 0.436 e. The molecule has 0 bridgehead atoms. The van der Waals surface area contributed by atoms with E-state index in [1.165, 1.54) is 11.8 Å². The third kappa shape index (κ3) is 5.73. The maximum Gasteiger partial charge on any atom is 0.255 e. The fourth-order valence-electron chi connectivity index (χ4n) is 3.84. The Balaban J connectivity index is 1.16. The lowest BCUT2D eigenvalue weighted by molar-refractivity contribution is -0.115. The number of carbonyl (C=O) groups excluding carboxylic acids is 2. The van der Waals surface area contributed by atoms with Gasteiger partial charge < -0.3 is 15.1 Å². The number of nitrogens with one attached hydrogen (secondary N) is 2. The Morgan fingerprint density at radius 3 is 2.19 bits per heavy atom. The minimum Gasteiger partial charge on any atom is -0.436 e. The van der Waals surface area contributed by atoms with E-state index in [2.05, 4.69) is 15.6 Å². The summed E-state index contributed by atoms with van der Waals surface area (Å²) >= 11 is 1.45. The number of thioether (sulfide) groups is 1. The Morgan fingerprint density at radius 2 is 1.46 bits per heavy atom. The molecule has 37 heavy (non-hydrogen) atoms. The zero-order valence-electron chi connectivity index (χ0n) is 20.4. The van der Waals surface area contributed by atoms with Gasteiger partial charge in [0.15, 0.2) is 5.58 Å². The molecule has 7 heteroatoms.